The number of benzene rings is 1. The first-order valence-corrected chi connectivity index (χ1v) is 7.61. The third-order valence-corrected chi connectivity index (χ3v) is 3.32. The zero-order valence-electron chi connectivity index (χ0n) is 13.3. The van der Waals surface area contributed by atoms with Gasteiger partial charge in [-0.15, -0.1) is 0 Å². The van der Waals surface area contributed by atoms with Gasteiger partial charge in [-0.3, -0.25) is 0 Å². The van der Waals surface area contributed by atoms with Gasteiger partial charge in [0.1, 0.15) is 11.5 Å². The summed E-state index contributed by atoms with van der Waals surface area (Å²) in [5.41, 5.74) is 0.456. The molecule has 0 amide bonds. The number of ether oxygens (including phenoxy) is 3. The fourth-order valence-electron chi connectivity index (χ4n) is 2.06. The van der Waals surface area contributed by atoms with Gasteiger partial charge < -0.3 is 14.2 Å². The summed E-state index contributed by atoms with van der Waals surface area (Å²) >= 11 is 0. The van der Waals surface area contributed by atoms with Gasteiger partial charge in [0.25, 0.3) is 0 Å². The van der Waals surface area contributed by atoms with E-state index in [9.17, 15) is 4.79 Å². The summed E-state index contributed by atoms with van der Waals surface area (Å²) in [7, 11) is 3.11. The quantitative estimate of drug-likeness (QED) is 0.479. The lowest BCUT2D eigenvalue weighted by atomic mass is 10.1. The molecule has 0 aliphatic heterocycles. The minimum atomic E-state index is -0.333. The number of carbonyl (C=O) groups is 1. The number of hydrogen-bond donors (Lipinski definition) is 0. The number of methoxy groups -OCH3 is 2. The van der Waals surface area contributed by atoms with Crippen molar-refractivity contribution in [2.45, 2.75) is 45.4 Å². The van der Waals surface area contributed by atoms with Gasteiger partial charge >= 0.3 is 5.97 Å². The first-order valence-electron chi connectivity index (χ1n) is 7.61. The molecule has 0 spiro atoms. The molecular formula is C17H26O4. The number of esters is 1. The van der Waals surface area contributed by atoms with Gasteiger partial charge in [-0.2, -0.15) is 0 Å². The van der Waals surface area contributed by atoms with Crippen molar-refractivity contribution in [1.29, 1.82) is 0 Å². The molecule has 0 saturated carbocycles. The molecule has 0 heterocycles. The third-order valence-electron chi connectivity index (χ3n) is 3.32. The lowest BCUT2D eigenvalue weighted by molar-refractivity contribution is 0.0497. The highest BCUT2D eigenvalue weighted by Gasteiger charge is 2.11. The number of hydrogen-bond acceptors (Lipinski definition) is 4. The molecule has 1 rings (SSSR count). The molecule has 0 atom stereocenters. The average Bonchev–Trinajstić information content (AvgIpc) is 2.53. The van der Waals surface area contributed by atoms with Crippen molar-refractivity contribution in [2.75, 3.05) is 20.8 Å². The van der Waals surface area contributed by atoms with Crippen LogP contribution in [0.1, 0.15) is 55.8 Å². The van der Waals surface area contributed by atoms with E-state index in [1.54, 1.807) is 32.4 Å². The molecular weight excluding hydrogens is 268 g/mol. The molecule has 21 heavy (non-hydrogen) atoms. The van der Waals surface area contributed by atoms with Gasteiger partial charge in [0.15, 0.2) is 0 Å². The molecule has 118 valence electrons. The standard InChI is InChI=1S/C17H26O4/c1-4-5-6-7-8-9-10-21-17(18)14-11-15(19-2)13-16(12-14)20-3/h11-13H,4-10H2,1-3H3. The van der Waals surface area contributed by atoms with Gasteiger partial charge in [0.2, 0.25) is 0 Å². The zero-order chi connectivity index (χ0) is 15.5. The third kappa shape index (κ3) is 6.52. The predicted octanol–water partition coefficient (Wildman–Crippen LogP) is 4.22. The van der Waals surface area contributed by atoms with Crippen LogP contribution in [-0.2, 0) is 4.74 Å². The van der Waals surface area contributed by atoms with Gasteiger partial charge in [0, 0.05) is 6.07 Å². The summed E-state index contributed by atoms with van der Waals surface area (Å²) in [6, 6.07) is 5.04. The Morgan fingerprint density at radius 3 is 2.05 bits per heavy atom. The Hall–Kier alpha value is -1.71. The Morgan fingerprint density at radius 2 is 1.48 bits per heavy atom. The Morgan fingerprint density at radius 1 is 0.905 bits per heavy atom. The fraction of sp³-hybridized carbons (Fsp3) is 0.588. The SMILES string of the molecule is CCCCCCCCOC(=O)c1cc(OC)cc(OC)c1. The van der Waals surface area contributed by atoms with E-state index in [1.165, 1.54) is 25.7 Å². The highest BCUT2D eigenvalue weighted by atomic mass is 16.5. The summed E-state index contributed by atoms with van der Waals surface area (Å²) in [5, 5.41) is 0. The van der Waals surface area contributed by atoms with Gasteiger partial charge in [0.05, 0.1) is 26.4 Å². The molecule has 1 aromatic rings. The van der Waals surface area contributed by atoms with Crippen LogP contribution in [0.2, 0.25) is 0 Å². The minimum absolute atomic E-state index is 0.333. The van der Waals surface area contributed by atoms with E-state index in [2.05, 4.69) is 6.92 Å². The number of carbonyl (C=O) groups excluding carboxylic acids is 1. The van der Waals surface area contributed by atoms with Crippen molar-refractivity contribution in [3.63, 3.8) is 0 Å². The van der Waals surface area contributed by atoms with Crippen LogP contribution in [0.25, 0.3) is 0 Å². The molecule has 0 fully saturated rings. The normalized spacial score (nSPS) is 10.2. The van der Waals surface area contributed by atoms with E-state index in [0.29, 0.717) is 23.7 Å². The fourth-order valence-corrected chi connectivity index (χ4v) is 2.06. The van der Waals surface area contributed by atoms with Crippen molar-refractivity contribution >= 4 is 5.97 Å². The molecule has 0 aromatic heterocycles. The lowest BCUT2D eigenvalue weighted by Crippen LogP contribution is -2.07. The van der Waals surface area contributed by atoms with Crippen LogP contribution < -0.4 is 9.47 Å². The smallest absolute Gasteiger partial charge is 0.338 e. The van der Waals surface area contributed by atoms with E-state index in [-0.39, 0.29) is 5.97 Å². The van der Waals surface area contributed by atoms with Gasteiger partial charge in [-0.05, 0) is 18.6 Å². The second-order valence-corrected chi connectivity index (χ2v) is 5.01. The van der Waals surface area contributed by atoms with E-state index < -0.39 is 0 Å². The van der Waals surface area contributed by atoms with Crippen molar-refractivity contribution in [3.8, 4) is 11.5 Å². The zero-order valence-corrected chi connectivity index (χ0v) is 13.3. The van der Waals surface area contributed by atoms with Gasteiger partial charge in [-0.25, -0.2) is 4.79 Å². The van der Waals surface area contributed by atoms with Crippen molar-refractivity contribution in [3.05, 3.63) is 23.8 Å². The Kier molecular flexibility index (Phi) is 8.32. The molecule has 0 N–H and O–H groups in total. The molecule has 1 aromatic carbocycles. The van der Waals surface area contributed by atoms with E-state index in [4.69, 9.17) is 14.2 Å². The highest BCUT2D eigenvalue weighted by Crippen LogP contribution is 2.23. The molecule has 0 saturated heterocycles. The first-order chi connectivity index (χ1) is 10.2. The molecule has 0 bridgehead atoms. The summed E-state index contributed by atoms with van der Waals surface area (Å²) in [4.78, 5) is 12.0. The average molecular weight is 294 g/mol. The van der Waals surface area contributed by atoms with E-state index in [0.717, 1.165) is 12.8 Å². The van der Waals surface area contributed by atoms with Crippen LogP contribution in [0.3, 0.4) is 0 Å². The second kappa shape index (κ2) is 10.1. The van der Waals surface area contributed by atoms with E-state index >= 15 is 0 Å². The number of rotatable bonds is 10. The number of unbranched alkanes of at least 4 members (excludes halogenated alkanes) is 5. The Bertz CT molecular complexity index is 407. The van der Waals surface area contributed by atoms with Crippen molar-refractivity contribution in [1.82, 2.24) is 0 Å². The highest BCUT2D eigenvalue weighted by molar-refractivity contribution is 5.90. The minimum Gasteiger partial charge on any atom is -0.497 e. The molecule has 4 nitrogen and oxygen atoms in total. The molecule has 0 aliphatic carbocycles. The van der Waals surface area contributed by atoms with Crippen LogP contribution in [0, 0.1) is 0 Å². The molecule has 0 radical (unpaired) electrons. The summed E-state index contributed by atoms with van der Waals surface area (Å²) in [6.45, 7) is 2.66. The first kappa shape index (κ1) is 17.3. The molecule has 0 aliphatic rings. The van der Waals surface area contributed by atoms with Crippen molar-refractivity contribution < 1.29 is 19.0 Å². The van der Waals surface area contributed by atoms with Crippen LogP contribution in [0.4, 0.5) is 0 Å². The van der Waals surface area contributed by atoms with Crippen molar-refractivity contribution in [2.24, 2.45) is 0 Å². The van der Waals surface area contributed by atoms with Crippen LogP contribution in [-0.4, -0.2) is 26.8 Å². The maximum absolute atomic E-state index is 12.0. The largest absolute Gasteiger partial charge is 0.497 e. The summed E-state index contributed by atoms with van der Waals surface area (Å²) in [6.07, 6.45) is 7.01. The summed E-state index contributed by atoms with van der Waals surface area (Å²) in [5.74, 6) is 0.836. The molecule has 0 unspecified atom stereocenters. The van der Waals surface area contributed by atoms with Crippen LogP contribution >= 0.6 is 0 Å². The summed E-state index contributed by atoms with van der Waals surface area (Å²) < 4.78 is 15.6. The maximum Gasteiger partial charge on any atom is 0.338 e. The predicted molar refractivity (Wildman–Crippen MR) is 83.2 cm³/mol. The second-order valence-electron chi connectivity index (χ2n) is 5.01. The molecule has 4 heteroatoms. The topological polar surface area (TPSA) is 44.8 Å². The van der Waals surface area contributed by atoms with Crippen LogP contribution in [0.15, 0.2) is 18.2 Å². The Balaban J connectivity index is 2.38. The van der Waals surface area contributed by atoms with E-state index in [1.807, 2.05) is 0 Å². The Labute approximate surface area is 127 Å². The monoisotopic (exact) mass is 294 g/mol. The lowest BCUT2D eigenvalue weighted by Gasteiger charge is -2.08. The maximum atomic E-state index is 12.0. The van der Waals surface area contributed by atoms with Crippen LogP contribution in [0.5, 0.6) is 11.5 Å². The van der Waals surface area contributed by atoms with Gasteiger partial charge in [-0.1, -0.05) is 39.0 Å².